The Morgan fingerprint density at radius 3 is 2.70 bits per heavy atom. The van der Waals surface area contributed by atoms with E-state index in [0.717, 1.165) is 24.2 Å². The Morgan fingerprint density at radius 2 is 2.09 bits per heavy atom. The molecule has 0 bridgehead atoms. The van der Waals surface area contributed by atoms with Crippen LogP contribution in [0.1, 0.15) is 48.4 Å². The SMILES string of the molecule is CCCCOc1nc(-n2nc(C)cc2C)ncc1C(=O)OCC. The van der Waals surface area contributed by atoms with Crippen LogP contribution in [0.25, 0.3) is 5.95 Å². The monoisotopic (exact) mass is 318 g/mol. The summed E-state index contributed by atoms with van der Waals surface area (Å²) in [6, 6.07) is 1.93. The molecule has 2 rings (SSSR count). The molecule has 2 aromatic heterocycles. The molecule has 2 heterocycles. The number of aromatic nitrogens is 4. The predicted molar refractivity (Wildman–Crippen MR) is 85.0 cm³/mol. The van der Waals surface area contributed by atoms with E-state index in [2.05, 4.69) is 22.0 Å². The Balaban J connectivity index is 2.37. The number of unbranched alkanes of at least 4 members (excludes halogenated alkanes) is 1. The lowest BCUT2D eigenvalue weighted by Crippen LogP contribution is -2.14. The summed E-state index contributed by atoms with van der Waals surface area (Å²) in [4.78, 5) is 20.6. The number of carbonyl (C=O) groups is 1. The second kappa shape index (κ2) is 7.71. The molecule has 0 aromatic carbocycles. The van der Waals surface area contributed by atoms with Gasteiger partial charge in [0, 0.05) is 5.69 Å². The summed E-state index contributed by atoms with van der Waals surface area (Å²) in [5.74, 6) is 0.114. The molecule has 0 saturated carbocycles. The van der Waals surface area contributed by atoms with Crippen LogP contribution in [0.2, 0.25) is 0 Å². The lowest BCUT2D eigenvalue weighted by atomic mass is 10.3. The molecule has 7 heteroatoms. The van der Waals surface area contributed by atoms with Gasteiger partial charge in [0.2, 0.25) is 5.88 Å². The van der Waals surface area contributed by atoms with Crippen LogP contribution >= 0.6 is 0 Å². The van der Waals surface area contributed by atoms with Crippen molar-refractivity contribution in [2.45, 2.75) is 40.5 Å². The maximum atomic E-state index is 12.0. The van der Waals surface area contributed by atoms with Crippen molar-refractivity contribution >= 4 is 5.97 Å². The van der Waals surface area contributed by atoms with Gasteiger partial charge in [-0.25, -0.2) is 14.5 Å². The molecule has 23 heavy (non-hydrogen) atoms. The average molecular weight is 318 g/mol. The highest BCUT2D eigenvalue weighted by molar-refractivity contribution is 5.91. The van der Waals surface area contributed by atoms with E-state index in [9.17, 15) is 4.79 Å². The predicted octanol–water partition coefficient (Wildman–Crippen LogP) is 2.63. The van der Waals surface area contributed by atoms with Gasteiger partial charge < -0.3 is 9.47 Å². The van der Waals surface area contributed by atoms with Crippen molar-refractivity contribution in [1.82, 2.24) is 19.7 Å². The number of hydrogen-bond acceptors (Lipinski definition) is 6. The topological polar surface area (TPSA) is 79.1 Å². The first-order valence-electron chi connectivity index (χ1n) is 7.77. The Hall–Kier alpha value is -2.44. The van der Waals surface area contributed by atoms with Crippen molar-refractivity contribution in [1.29, 1.82) is 0 Å². The zero-order chi connectivity index (χ0) is 16.8. The summed E-state index contributed by atoms with van der Waals surface area (Å²) in [7, 11) is 0. The normalized spacial score (nSPS) is 10.6. The van der Waals surface area contributed by atoms with Crippen molar-refractivity contribution in [3.63, 3.8) is 0 Å². The van der Waals surface area contributed by atoms with E-state index in [0.29, 0.717) is 12.6 Å². The first kappa shape index (κ1) is 16.9. The van der Waals surface area contributed by atoms with Gasteiger partial charge in [-0.15, -0.1) is 0 Å². The van der Waals surface area contributed by atoms with Crippen LogP contribution in [-0.2, 0) is 4.74 Å². The van der Waals surface area contributed by atoms with Gasteiger partial charge in [0.15, 0.2) is 0 Å². The van der Waals surface area contributed by atoms with Gasteiger partial charge in [-0.1, -0.05) is 13.3 Å². The maximum Gasteiger partial charge on any atom is 0.345 e. The van der Waals surface area contributed by atoms with Gasteiger partial charge in [-0.05, 0) is 33.3 Å². The molecule has 0 amide bonds. The molecular weight excluding hydrogens is 296 g/mol. The quantitative estimate of drug-likeness (QED) is 0.577. The van der Waals surface area contributed by atoms with Gasteiger partial charge in [0.05, 0.1) is 25.1 Å². The highest BCUT2D eigenvalue weighted by Gasteiger charge is 2.19. The highest BCUT2D eigenvalue weighted by atomic mass is 16.5. The fraction of sp³-hybridized carbons (Fsp3) is 0.500. The first-order valence-corrected chi connectivity index (χ1v) is 7.77. The molecule has 0 aliphatic heterocycles. The second-order valence-corrected chi connectivity index (χ2v) is 5.15. The number of carbonyl (C=O) groups excluding carboxylic acids is 1. The number of nitrogens with zero attached hydrogens (tertiary/aromatic N) is 4. The average Bonchev–Trinajstić information content (AvgIpc) is 2.86. The molecule has 0 N–H and O–H groups in total. The van der Waals surface area contributed by atoms with Crippen molar-refractivity contribution in [3.8, 4) is 11.8 Å². The number of aryl methyl sites for hydroxylation is 2. The summed E-state index contributed by atoms with van der Waals surface area (Å²) < 4.78 is 12.3. The maximum absolute atomic E-state index is 12.0. The molecule has 0 saturated heterocycles. The molecule has 0 aliphatic rings. The van der Waals surface area contributed by atoms with Crippen LogP contribution in [0, 0.1) is 13.8 Å². The van der Waals surface area contributed by atoms with Crippen LogP contribution in [0.3, 0.4) is 0 Å². The molecule has 7 nitrogen and oxygen atoms in total. The molecular formula is C16H22N4O3. The van der Waals surface area contributed by atoms with E-state index in [1.165, 1.54) is 6.20 Å². The minimum Gasteiger partial charge on any atom is -0.477 e. The minimum absolute atomic E-state index is 0.230. The van der Waals surface area contributed by atoms with E-state index in [1.54, 1.807) is 11.6 Å². The smallest absolute Gasteiger partial charge is 0.345 e. The summed E-state index contributed by atoms with van der Waals surface area (Å²) in [6.45, 7) is 8.40. The first-order chi connectivity index (χ1) is 11.1. The van der Waals surface area contributed by atoms with E-state index in [-0.39, 0.29) is 18.1 Å². The van der Waals surface area contributed by atoms with E-state index < -0.39 is 5.97 Å². The molecule has 0 aliphatic carbocycles. The van der Waals surface area contributed by atoms with Crippen LogP contribution in [0.4, 0.5) is 0 Å². The lowest BCUT2D eigenvalue weighted by Gasteiger charge is -2.11. The van der Waals surface area contributed by atoms with Crippen LogP contribution in [0.5, 0.6) is 5.88 Å². The number of esters is 1. The van der Waals surface area contributed by atoms with Gasteiger partial charge in [-0.2, -0.15) is 10.1 Å². The fourth-order valence-electron chi connectivity index (χ4n) is 2.06. The molecule has 0 radical (unpaired) electrons. The zero-order valence-electron chi connectivity index (χ0n) is 14.0. The summed E-state index contributed by atoms with van der Waals surface area (Å²) in [6.07, 6.45) is 3.30. The summed E-state index contributed by atoms with van der Waals surface area (Å²) in [5, 5.41) is 4.35. The number of hydrogen-bond donors (Lipinski definition) is 0. The fourth-order valence-corrected chi connectivity index (χ4v) is 2.06. The third-order valence-electron chi connectivity index (χ3n) is 3.17. The van der Waals surface area contributed by atoms with Gasteiger partial charge >= 0.3 is 5.97 Å². The van der Waals surface area contributed by atoms with Crippen molar-refractivity contribution in [2.24, 2.45) is 0 Å². The number of ether oxygens (including phenoxy) is 2. The third kappa shape index (κ3) is 4.06. The lowest BCUT2D eigenvalue weighted by molar-refractivity contribution is 0.0520. The highest BCUT2D eigenvalue weighted by Crippen LogP contribution is 2.19. The third-order valence-corrected chi connectivity index (χ3v) is 3.17. The van der Waals surface area contributed by atoms with Crippen LogP contribution in [0.15, 0.2) is 12.3 Å². The molecule has 0 spiro atoms. The Labute approximate surface area is 135 Å². The Morgan fingerprint density at radius 1 is 1.30 bits per heavy atom. The summed E-state index contributed by atoms with van der Waals surface area (Å²) in [5.41, 5.74) is 2.01. The van der Waals surface area contributed by atoms with E-state index in [4.69, 9.17) is 9.47 Å². The van der Waals surface area contributed by atoms with Gasteiger partial charge in [0.1, 0.15) is 5.56 Å². The van der Waals surface area contributed by atoms with Crippen molar-refractivity contribution in [2.75, 3.05) is 13.2 Å². The van der Waals surface area contributed by atoms with Crippen LogP contribution in [-0.4, -0.2) is 38.9 Å². The summed E-state index contributed by atoms with van der Waals surface area (Å²) >= 11 is 0. The van der Waals surface area contributed by atoms with Crippen LogP contribution < -0.4 is 4.74 Å². The van der Waals surface area contributed by atoms with Gasteiger partial charge in [-0.3, -0.25) is 0 Å². The standard InChI is InChI=1S/C16H22N4O3/c1-5-7-8-23-14-13(15(21)22-6-2)10-17-16(18-14)20-12(4)9-11(3)19-20/h9-10H,5-8H2,1-4H3. The molecule has 0 atom stereocenters. The van der Waals surface area contributed by atoms with Gasteiger partial charge in [0.25, 0.3) is 5.95 Å². The molecule has 0 unspecified atom stereocenters. The van der Waals surface area contributed by atoms with E-state index >= 15 is 0 Å². The molecule has 0 fully saturated rings. The van der Waals surface area contributed by atoms with Crippen molar-refractivity contribution < 1.29 is 14.3 Å². The Kier molecular flexibility index (Phi) is 5.67. The van der Waals surface area contributed by atoms with Crippen molar-refractivity contribution in [3.05, 3.63) is 29.2 Å². The largest absolute Gasteiger partial charge is 0.477 e. The van der Waals surface area contributed by atoms with E-state index in [1.807, 2.05) is 19.9 Å². The zero-order valence-corrected chi connectivity index (χ0v) is 14.0. The molecule has 2 aromatic rings. The number of rotatable bonds is 7. The Bertz CT molecular complexity index is 682. The minimum atomic E-state index is -0.487. The second-order valence-electron chi connectivity index (χ2n) is 5.15. The molecule has 124 valence electrons.